The zero-order valence-electron chi connectivity index (χ0n) is 9.51. The van der Waals surface area contributed by atoms with Gasteiger partial charge in [0, 0.05) is 20.1 Å². The van der Waals surface area contributed by atoms with E-state index in [1.54, 1.807) is 0 Å². The van der Waals surface area contributed by atoms with E-state index in [4.69, 9.17) is 5.11 Å². The van der Waals surface area contributed by atoms with Crippen molar-refractivity contribution in [3.05, 3.63) is 12.2 Å². The van der Waals surface area contributed by atoms with E-state index in [0.717, 1.165) is 4.31 Å². The van der Waals surface area contributed by atoms with E-state index in [1.165, 1.54) is 7.05 Å². The Hall–Kier alpha value is -0.920. The average molecular weight is 250 g/mol. The number of rotatable bonds is 8. The molecule has 0 bridgehead atoms. The first-order valence-electron chi connectivity index (χ1n) is 4.94. The molecule has 2 N–H and O–H groups in total. The van der Waals surface area contributed by atoms with E-state index in [9.17, 15) is 13.2 Å². The minimum atomic E-state index is -3.55. The SMILES string of the molecule is C/C=C/CCNS(=O)(=O)N(C)CCC(=O)O. The van der Waals surface area contributed by atoms with Gasteiger partial charge < -0.3 is 5.11 Å². The van der Waals surface area contributed by atoms with Crippen molar-refractivity contribution in [3.8, 4) is 0 Å². The maximum Gasteiger partial charge on any atom is 0.304 e. The van der Waals surface area contributed by atoms with Gasteiger partial charge in [-0.25, -0.2) is 4.72 Å². The molecular weight excluding hydrogens is 232 g/mol. The van der Waals surface area contributed by atoms with Crippen LogP contribution in [0.2, 0.25) is 0 Å². The Bertz CT molecular complexity index is 337. The summed E-state index contributed by atoms with van der Waals surface area (Å²) in [5.41, 5.74) is 0. The Labute approximate surface area is 96.1 Å². The number of hydrogen-bond donors (Lipinski definition) is 2. The maximum absolute atomic E-state index is 11.5. The Morgan fingerprint density at radius 3 is 2.62 bits per heavy atom. The molecule has 0 saturated carbocycles. The van der Waals surface area contributed by atoms with Crippen LogP contribution in [0.15, 0.2) is 12.2 Å². The van der Waals surface area contributed by atoms with Crippen molar-refractivity contribution >= 4 is 16.2 Å². The fraction of sp³-hybridized carbons (Fsp3) is 0.667. The molecule has 0 aliphatic rings. The van der Waals surface area contributed by atoms with Crippen LogP contribution in [-0.2, 0) is 15.0 Å². The molecule has 0 heterocycles. The van der Waals surface area contributed by atoms with Gasteiger partial charge in [0.15, 0.2) is 0 Å². The molecule has 0 fully saturated rings. The lowest BCUT2D eigenvalue weighted by Crippen LogP contribution is -2.39. The molecule has 94 valence electrons. The standard InChI is InChI=1S/C9H18N2O4S/c1-3-4-5-7-10-16(14,15)11(2)8-6-9(12)13/h3-4,10H,5-8H2,1-2H3,(H,12,13)/b4-3+. The molecule has 7 heteroatoms. The van der Waals surface area contributed by atoms with E-state index in [1.807, 2.05) is 19.1 Å². The van der Waals surface area contributed by atoms with Gasteiger partial charge in [0.05, 0.1) is 6.42 Å². The average Bonchev–Trinajstić information content (AvgIpc) is 2.20. The van der Waals surface area contributed by atoms with Gasteiger partial charge in [0.25, 0.3) is 10.2 Å². The maximum atomic E-state index is 11.5. The molecule has 0 aromatic heterocycles. The number of carbonyl (C=O) groups is 1. The van der Waals surface area contributed by atoms with Crippen LogP contribution < -0.4 is 4.72 Å². The van der Waals surface area contributed by atoms with Gasteiger partial charge in [0.1, 0.15) is 0 Å². The first kappa shape index (κ1) is 15.1. The van der Waals surface area contributed by atoms with Crippen LogP contribution in [-0.4, -0.2) is 43.9 Å². The zero-order chi connectivity index (χ0) is 12.6. The summed E-state index contributed by atoms with van der Waals surface area (Å²) in [4.78, 5) is 10.3. The summed E-state index contributed by atoms with van der Waals surface area (Å²) in [6, 6.07) is 0. The third kappa shape index (κ3) is 6.54. The van der Waals surface area contributed by atoms with E-state index in [0.29, 0.717) is 13.0 Å². The van der Waals surface area contributed by atoms with Gasteiger partial charge in [-0.2, -0.15) is 12.7 Å². The lowest BCUT2D eigenvalue weighted by atomic mass is 10.4. The molecular formula is C9H18N2O4S. The van der Waals surface area contributed by atoms with Crippen molar-refractivity contribution in [2.45, 2.75) is 19.8 Å². The first-order chi connectivity index (χ1) is 7.40. The smallest absolute Gasteiger partial charge is 0.304 e. The highest BCUT2D eigenvalue weighted by molar-refractivity contribution is 7.87. The van der Waals surface area contributed by atoms with E-state index < -0.39 is 16.2 Å². The number of allylic oxidation sites excluding steroid dienone is 1. The molecule has 0 atom stereocenters. The van der Waals surface area contributed by atoms with Crippen molar-refractivity contribution in [1.82, 2.24) is 9.03 Å². The fourth-order valence-electron chi connectivity index (χ4n) is 0.921. The minimum absolute atomic E-state index is 0.0334. The van der Waals surface area contributed by atoms with Crippen LogP contribution in [0.25, 0.3) is 0 Å². The van der Waals surface area contributed by atoms with Gasteiger partial charge in [0.2, 0.25) is 0 Å². The quantitative estimate of drug-likeness (QED) is 0.475. The van der Waals surface area contributed by atoms with Crippen LogP contribution in [0.5, 0.6) is 0 Å². The Morgan fingerprint density at radius 1 is 1.50 bits per heavy atom. The second-order valence-electron chi connectivity index (χ2n) is 3.22. The number of nitrogens with zero attached hydrogens (tertiary/aromatic N) is 1. The van der Waals surface area contributed by atoms with E-state index >= 15 is 0 Å². The van der Waals surface area contributed by atoms with Crippen molar-refractivity contribution in [2.75, 3.05) is 20.1 Å². The molecule has 0 rings (SSSR count). The summed E-state index contributed by atoms with van der Waals surface area (Å²) in [6.45, 7) is 2.13. The lowest BCUT2D eigenvalue weighted by molar-refractivity contribution is -0.137. The van der Waals surface area contributed by atoms with Crippen LogP contribution in [0.1, 0.15) is 19.8 Å². The molecule has 0 aromatic rings. The zero-order valence-corrected chi connectivity index (χ0v) is 10.3. The molecule has 0 saturated heterocycles. The molecule has 0 radical (unpaired) electrons. The van der Waals surface area contributed by atoms with Crippen molar-refractivity contribution in [2.24, 2.45) is 0 Å². The molecule has 0 spiro atoms. The summed E-state index contributed by atoms with van der Waals surface area (Å²) in [6.07, 6.45) is 4.09. The van der Waals surface area contributed by atoms with Gasteiger partial charge in [-0.15, -0.1) is 0 Å². The summed E-state index contributed by atoms with van der Waals surface area (Å²) < 4.78 is 26.4. The fourth-order valence-corrected chi connectivity index (χ4v) is 1.85. The highest BCUT2D eigenvalue weighted by Gasteiger charge is 2.16. The number of carboxylic acids is 1. The van der Waals surface area contributed by atoms with Crippen molar-refractivity contribution in [1.29, 1.82) is 0 Å². The summed E-state index contributed by atoms with van der Waals surface area (Å²) >= 11 is 0. The molecule has 0 unspecified atom stereocenters. The first-order valence-corrected chi connectivity index (χ1v) is 6.38. The Morgan fingerprint density at radius 2 is 2.12 bits per heavy atom. The van der Waals surface area contributed by atoms with Crippen molar-refractivity contribution in [3.63, 3.8) is 0 Å². The van der Waals surface area contributed by atoms with Crippen LogP contribution in [0.3, 0.4) is 0 Å². The number of nitrogens with one attached hydrogen (secondary N) is 1. The Kier molecular flexibility index (Phi) is 6.95. The minimum Gasteiger partial charge on any atom is -0.481 e. The lowest BCUT2D eigenvalue weighted by Gasteiger charge is -2.16. The van der Waals surface area contributed by atoms with Crippen LogP contribution in [0.4, 0.5) is 0 Å². The topological polar surface area (TPSA) is 86.7 Å². The largest absolute Gasteiger partial charge is 0.481 e. The van der Waals surface area contributed by atoms with Crippen LogP contribution in [0, 0.1) is 0 Å². The highest BCUT2D eigenvalue weighted by Crippen LogP contribution is 1.96. The predicted octanol–water partition coefficient (Wildman–Crippen LogP) is 0.193. The number of aliphatic carboxylic acids is 1. The summed E-state index contributed by atoms with van der Waals surface area (Å²) in [5, 5.41) is 8.42. The summed E-state index contributed by atoms with van der Waals surface area (Å²) in [5.74, 6) is -1.02. The molecule has 0 amide bonds. The summed E-state index contributed by atoms with van der Waals surface area (Å²) in [7, 11) is -2.20. The van der Waals surface area contributed by atoms with Gasteiger partial charge in [-0.1, -0.05) is 12.2 Å². The number of carboxylic acid groups (broad SMARTS) is 1. The predicted molar refractivity (Wildman–Crippen MR) is 61.2 cm³/mol. The van der Waals surface area contributed by atoms with E-state index in [2.05, 4.69) is 4.72 Å². The van der Waals surface area contributed by atoms with Crippen molar-refractivity contribution < 1.29 is 18.3 Å². The molecule has 0 aromatic carbocycles. The molecule has 6 nitrogen and oxygen atoms in total. The molecule has 16 heavy (non-hydrogen) atoms. The Balaban J connectivity index is 4.05. The number of hydrogen-bond acceptors (Lipinski definition) is 3. The third-order valence-electron chi connectivity index (χ3n) is 1.88. The third-order valence-corrected chi connectivity index (χ3v) is 3.45. The molecule has 0 aliphatic carbocycles. The second-order valence-corrected chi connectivity index (χ2v) is 5.08. The van der Waals surface area contributed by atoms with Gasteiger partial charge in [-0.05, 0) is 13.3 Å². The molecule has 0 aliphatic heterocycles. The van der Waals surface area contributed by atoms with E-state index in [-0.39, 0.29) is 13.0 Å². The van der Waals surface area contributed by atoms with Gasteiger partial charge >= 0.3 is 5.97 Å². The van der Waals surface area contributed by atoms with Crippen LogP contribution >= 0.6 is 0 Å². The van der Waals surface area contributed by atoms with Gasteiger partial charge in [-0.3, -0.25) is 4.79 Å². The highest BCUT2D eigenvalue weighted by atomic mass is 32.2. The second kappa shape index (κ2) is 7.37. The normalized spacial score (nSPS) is 12.4. The monoisotopic (exact) mass is 250 g/mol.